The van der Waals surface area contributed by atoms with Gasteiger partial charge in [0.1, 0.15) is 22.5 Å². The van der Waals surface area contributed by atoms with E-state index in [4.69, 9.17) is 21.3 Å². The number of nitrogens with one attached hydrogen (secondary N) is 2. The molecule has 0 spiro atoms. The molecule has 3 N–H and O–H groups in total. The van der Waals surface area contributed by atoms with Crippen LogP contribution in [-0.2, 0) is 22.6 Å². The number of nitrogens with zero attached hydrogens (tertiary/aromatic N) is 4. The van der Waals surface area contributed by atoms with Crippen LogP contribution in [0.3, 0.4) is 0 Å². The van der Waals surface area contributed by atoms with E-state index in [-0.39, 0.29) is 18.9 Å². The van der Waals surface area contributed by atoms with Crippen molar-refractivity contribution in [3.05, 3.63) is 91.8 Å². The van der Waals surface area contributed by atoms with Gasteiger partial charge in [0.2, 0.25) is 5.91 Å². The van der Waals surface area contributed by atoms with Crippen LogP contribution in [0.25, 0.3) is 5.00 Å². The van der Waals surface area contributed by atoms with Crippen LogP contribution in [0.4, 0.5) is 10.5 Å². The predicted octanol–water partition coefficient (Wildman–Crippen LogP) is 6.78. The number of amides is 2. The molecule has 2 aromatic heterocycles. The molecule has 5 rings (SSSR count). The van der Waals surface area contributed by atoms with E-state index in [9.17, 15) is 14.7 Å². The summed E-state index contributed by atoms with van der Waals surface area (Å²) in [5.74, 6) is 1.08. The second-order valence-electron chi connectivity index (χ2n) is 12.3. The number of halogens is 1. The minimum Gasteiger partial charge on any atom is -0.444 e. The van der Waals surface area contributed by atoms with Gasteiger partial charge < -0.3 is 20.5 Å². The van der Waals surface area contributed by atoms with Gasteiger partial charge in [-0.2, -0.15) is 0 Å². The second-order valence-corrected chi connectivity index (χ2v) is 14.0. The molecule has 0 fully saturated rings. The van der Waals surface area contributed by atoms with Gasteiger partial charge >= 0.3 is 6.09 Å². The molecular weight excluding hydrogens is 624 g/mol. The molecule has 10 nitrogen and oxygen atoms in total. The molecule has 1 aliphatic rings. The molecule has 0 saturated heterocycles. The Morgan fingerprint density at radius 2 is 1.80 bits per heavy atom. The van der Waals surface area contributed by atoms with Gasteiger partial charge in [-0.25, -0.2) is 4.79 Å². The normalized spacial score (nSPS) is 14.2. The fraction of sp³-hybridized carbons (Fsp3) is 0.382. The Morgan fingerprint density at radius 3 is 2.50 bits per heavy atom. The lowest BCUT2D eigenvalue weighted by Crippen LogP contribution is -2.33. The summed E-state index contributed by atoms with van der Waals surface area (Å²) >= 11 is 7.87. The van der Waals surface area contributed by atoms with E-state index in [1.54, 1.807) is 17.4 Å². The molecule has 0 aliphatic carbocycles. The number of aliphatic hydroxyl groups is 1. The highest BCUT2D eigenvalue weighted by molar-refractivity contribution is 7.15. The molecule has 3 heterocycles. The Kier molecular flexibility index (Phi) is 9.95. The van der Waals surface area contributed by atoms with Crippen LogP contribution < -0.4 is 10.6 Å². The van der Waals surface area contributed by atoms with Crippen LogP contribution >= 0.6 is 22.9 Å². The van der Waals surface area contributed by atoms with Gasteiger partial charge in [-0.1, -0.05) is 29.8 Å². The second kappa shape index (κ2) is 13.7. The highest BCUT2D eigenvalue weighted by Gasteiger charge is 2.32. The van der Waals surface area contributed by atoms with E-state index in [0.717, 1.165) is 38.8 Å². The number of aliphatic hydroxyl groups excluding tert-OH is 1. The predicted molar refractivity (Wildman–Crippen MR) is 181 cm³/mol. The minimum atomic E-state index is -0.597. The Morgan fingerprint density at radius 1 is 1.07 bits per heavy atom. The van der Waals surface area contributed by atoms with Crippen LogP contribution in [0, 0.1) is 20.8 Å². The van der Waals surface area contributed by atoms with E-state index in [2.05, 4.69) is 34.7 Å². The molecule has 0 unspecified atom stereocenters. The highest BCUT2D eigenvalue weighted by atomic mass is 35.5. The number of alkyl carbamates (subject to hydrolysis) is 1. The molecule has 0 radical (unpaired) electrons. The number of aliphatic imine (C=N–C) groups is 1. The Balaban J connectivity index is 1.34. The largest absolute Gasteiger partial charge is 0.444 e. The number of aromatic nitrogens is 3. The molecule has 1 aliphatic heterocycles. The van der Waals surface area contributed by atoms with Crippen LogP contribution in [0.2, 0.25) is 5.02 Å². The van der Waals surface area contributed by atoms with Crippen LogP contribution in [0.1, 0.15) is 84.0 Å². The van der Waals surface area contributed by atoms with E-state index < -0.39 is 17.7 Å². The number of hydrogen-bond donors (Lipinski definition) is 3. The number of rotatable bonds is 9. The number of anilines is 1. The zero-order valence-corrected chi connectivity index (χ0v) is 28.5. The van der Waals surface area contributed by atoms with Crippen molar-refractivity contribution in [3.8, 4) is 5.00 Å². The molecule has 2 amide bonds. The summed E-state index contributed by atoms with van der Waals surface area (Å²) in [5.41, 5.74) is 5.46. The minimum absolute atomic E-state index is 0.0364. The molecule has 46 heavy (non-hydrogen) atoms. The van der Waals surface area contributed by atoms with Crippen molar-refractivity contribution in [1.29, 1.82) is 0 Å². The molecule has 242 valence electrons. The lowest BCUT2D eigenvalue weighted by atomic mass is 9.99. The molecular formula is C34H39ClN6O4S. The van der Waals surface area contributed by atoms with Crippen LogP contribution in [0.5, 0.6) is 0 Å². The van der Waals surface area contributed by atoms with Gasteiger partial charge in [0.25, 0.3) is 0 Å². The number of aryl methyl sites for hydroxylation is 3. The van der Waals surface area contributed by atoms with Gasteiger partial charge in [-0.05, 0) is 95.3 Å². The van der Waals surface area contributed by atoms with Gasteiger partial charge in [-0.3, -0.25) is 14.4 Å². The first-order valence-electron chi connectivity index (χ1n) is 15.2. The molecule has 1 atom stereocenters. The zero-order chi connectivity index (χ0) is 33.2. The molecule has 12 heteroatoms. The monoisotopic (exact) mass is 662 g/mol. The van der Waals surface area contributed by atoms with E-state index in [1.165, 1.54) is 4.88 Å². The SMILES string of the molecule is Cc1sc2c(c1C)C(c1ccc(Cl)cc1)=N[C@@H](CC(=O)Nc1ccc(CCCNC(=O)OC(C)(C)C)c(CO)c1)c1nnc(C)n1-2. The maximum atomic E-state index is 13.5. The van der Waals surface area contributed by atoms with Crippen molar-refractivity contribution in [1.82, 2.24) is 20.1 Å². The van der Waals surface area contributed by atoms with Gasteiger partial charge in [0.15, 0.2) is 5.82 Å². The first-order valence-corrected chi connectivity index (χ1v) is 16.4. The zero-order valence-electron chi connectivity index (χ0n) is 26.9. The smallest absolute Gasteiger partial charge is 0.407 e. The Hall–Kier alpha value is -4.06. The van der Waals surface area contributed by atoms with Crippen LogP contribution in [0.15, 0.2) is 47.5 Å². The summed E-state index contributed by atoms with van der Waals surface area (Å²) in [5, 5.41) is 26.3. The van der Waals surface area contributed by atoms with E-state index in [0.29, 0.717) is 41.5 Å². The maximum absolute atomic E-state index is 13.5. The van der Waals surface area contributed by atoms with Crippen molar-refractivity contribution in [2.24, 2.45) is 4.99 Å². The average molecular weight is 663 g/mol. The lowest BCUT2D eigenvalue weighted by molar-refractivity contribution is -0.116. The molecule has 0 saturated carbocycles. The number of carbonyl (C=O) groups is 2. The fourth-order valence-corrected chi connectivity index (χ4v) is 6.74. The number of benzene rings is 2. The number of thiophene rings is 1. The van der Waals surface area contributed by atoms with E-state index in [1.807, 2.05) is 68.7 Å². The van der Waals surface area contributed by atoms with Crippen molar-refractivity contribution in [3.63, 3.8) is 0 Å². The van der Waals surface area contributed by atoms with Crippen molar-refractivity contribution >= 4 is 46.3 Å². The summed E-state index contributed by atoms with van der Waals surface area (Å²) in [6.07, 6.45) is 0.885. The quantitative estimate of drug-likeness (QED) is 0.169. The molecule has 4 aromatic rings. The van der Waals surface area contributed by atoms with E-state index >= 15 is 0 Å². The number of ether oxygens (including phenoxy) is 1. The van der Waals surface area contributed by atoms with Gasteiger partial charge in [0, 0.05) is 33.3 Å². The Labute approximate surface area is 277 Å². The van der Waals surface area contributed by atoms with Gasteiger partial charge in [0.05, 0.1) is 18.7 Å². The average Bonchev–Trinajstić information content (AvgIpc) is 3.47. The summed E-state index contributed by atoms with van der Waals surface area (Å²) in [6.45, 7) is 11.8. The first-order chi connectivity index (χ1) is 21.8. The molecule has 2 aromatic carbocycles. The molecule has 0 bridgehead atoms. The summed E-state index contributed by atoms with van der Waals surface area (Å²) in [6, 6.07) is 12.5. The van der Waals surface area contributed by atoms with Crippen LogP contribution in [-0.4, -0.2) is 49.7 Å². The fourth-order valence-electron chi connectivity index (χ4n) is 5.40. The van der Waals surface area contributed by atoms with Crippen molar-refractivity contribution in [2.45, 2.75) is 79.1 Å². The Bertz CT molecular complexity index is 1790. The topological polar surface area (TPSA) is 131 Å². The van der Waals surface area contributed by atoms with Crippen molar-refractivity contribution in [2.75, 3.05) is 11.9 Å². The lowest BCUT2D eigenvalue weighted by Gasteiger charge is -2.19. The van der Waals surface area contributed by atoms with Crippen molar-refractivity contribution < 1.29 is 19.4 Å². The summed E-state index contributed by atoms with van der Waals surface area (Å²) in [4.78, 5) is 31.8. The standard InChI is InChI=1S/C34H39ClN6O4S/c1-19-20(2)46-32-29(19)30(23-9-12-25(35)13-10-23)38-27(31-40-39-21(3)41(31)32)17-28(43)37-26-14-11-22(24(16-26)18-42)8-7-15-36-33(44)45-34(4,5)6/h9-14,16,27,42H,7-8,15,17-18H2,1-6H3,(H,36,44)(H,37,43)/t27-/m0/s1. The third-order valence-corrected chi connectivity index (χ3v) is 9.13. The first kappa shape index (κ1) is 33.3. The third kappa shape index (κ3) is 7.49. The van der Waals surface area contributed by atoms with Gasteiger partial charge in [-0.15, -0.1) is 21.5 Å². The number of carbonyl (C=O) groups excluding carboxylic acids is 2. The maximum Gasteiger partial charge on any atom is 0.407 e. The number of fused-ring (bicyclic) bond motifs is 3. The summed E-state index contributed by atoms with van der Waals surface area (Å²) in [7, 11) is 0. The number of hydrogen-bond acceptors (Lipinski definition) is 8. The highest BCUT2D eigenvalue weighted by Crippen LogP contribution is 2.39. The summed E-state index contributed by atoms with van der Waals surface area (Å²) < 4.78 is 7.29. The third-order valence-electron chi connectivity index (χ3n) is 7.69.